The lowest BCUT2D eigenvalue weighted by molar-refractivity contribution is 0.397. The summed E-state index contributed by atoms with van der Waals surface area (Å²) in [5.74, 6) is 1.18. The summed E-state index contributed by atoms with van der Waals surface area (Å²) in [6.45, 7) is 6.26. The van der Waals surface area contributed by atoms with Crippen LogP contribution in [-0.4, -0.2) is 33.7 Å². The summed E-state index contributed by atoms with van der Waals surface area (Å²) in [5, 5.41) is 0.534. The van der Waals surface area contributed by atoms with Crippen molar-refractivity contribution in [1.82, 2.24) is 19.5 Å². The Bertz CT molecular complexity index is 910. The summed E-state index contributed by atoms with van der Waals surface area (Å²) in [6, 6.07) is 3.85. The van der Waals surface area contributed by atoms with E-state index in [-0.39, 0.29) is 0 Å². The molecule has 0 atom stereocenters. The second-order valence-corrected chi connectivity index (χ2v) is 6.55. The maximum Gasteiger partial charge on any atom is 0.198 e. The van der Waals surface area contributed by atoms with Crippen molar-refractivity contribution in [2.45, 2.75) is 39.7 Å². The summed E-state index contributed by atoms with van der Waals surface area (Å²) in [5.41, 5.74) is 3.59. The van der Waals surface area contributed by atoms with Crippen molar-refractivity contribution in [3.8, 4) is 22.8 Å². The third kappa shape index (κ3) is 3.09. The van der Waals surface area contributed by atoms with Gasteiger partial charge in [0.05, 0.1) is 31.8 Å². The molecular weight excluding hydrogens is 352 g/mol. The molecule has 1 aromatic carbocycles. The Balaban J connectivity index is 2.24. The highest BCUT2D eigenvalue weighted by molar-refractivity contribution is 6.31. The molecule has 6 nitrogen and oxygen atoms in total. The fourth-order valence-electron chi connectivity index (χ4n) is 3.23. The second kappa shape index (κ2) is 7.50. The number of ether oxygens (including phenoxy) is 2. The maximum atomic E-state index is 6.16. The van der Waals surface area contributed by atoms with Crippen LogP contribution in [0, 0.1) is 6.92 Å². The van der Waals surface area contributed by atoms with Gasteiger partial charge in [0.1, 0.15) is 17.2 Å². The van der Waals surface area contributed by atoms with Gasteiger partial charge in [-0.2, -0.15) is 0 Å². The molecule has 0 fully saturated rings. The van der Waals surface area contributed by atoms with Crippen molar-refractivity contribution in [2.24, 2.45) is 0 Å². The van der Waals surface area contributed by atoms with Gasteiger partial charge in [-0.1, -0.05) is 25.4 Å². The van der Waals surface area contributed by atoms with Crippen LogP contribution < -0.4 is 9.47 Å². The molecule has 0 bridgehead atoms. The molecule has 3 rings (SSSR count). The number of fused-ring (bicyclic) bond motifs is 1. The zero-order chi connectivity index (χ0) is 18.8. The molecule has 2 heterocycles. The third-order valence-electron chi connectivity index (χ3n) is 4.63. The van der Waals surface area contributed by atoms with Crippen molar-refractivity contribution >= 4 is 22.9 Å². The number of nitrogens with zero attached hydrogens (tertiary/aromatic N) is 4. The Kier molecular flexibility index (Phi) is 5.32. The molecule has 0 aliphatic rings. The normalized spacial score (nSPS) is 11.3. The fourth-order valence-corrected chi connectivity index (χ4v) is 3.43. The molecule has 138 valence electrons. The van der Waals surface area contributed by atoms with Crippen LogP contribution in [0.4, 0.5) is 0 Å². The summed E-state index contributed by atoms with van der Waals surface area (Å²) < 4.78 is 13.1. The van der Waals surface area contributed by atoms with Gasteiger partial charge in [0.15, 0.2) is 11.3 Å². The van der Waals surface area contributed by atoms with E-state index in [0.29, 0.717) is 33.9 Å². The molecule has 7 heteroatoms. The van der Waals surface area contributed by atoms with Gasteiger partial charge in [0.25, 0.3) is 0 Å². The van der Waals surface area contributed by atoms with Crippen LogP contribution in [0.25, 0.3) is 22.6 Å². The first kappa shape index (κ1) is 18.5. The first-order valence-electron chi connectivity index (χ1n) is 8.67. The quantitative estimate of drug-likeness (QED) is 0.618. The molecule has 0 radical (unpaired) electrons. The van der Waals surface area contributed by atoms with Crippen molar-refractivity contribution in [1.29, 1.82) is 0 Å². The van der Waals surface area contributed by atoms with Gasteiger partial charge in [0, 0.05) is 11.1 Å². The summed E-state index contributed by atoms with van der Waals surface area (Å²) in [7, 11) is 3.19. The highest BCUT2D eigenvalue weighted by atomic mass is 35.5. The molecule has 0 saturated heterocycles. The predicted octanol–water partition coefficient (Wildman–Crippen LogP) is 4.83. The maximum absolute atomic E-state index is 6.16. The van der Waals surface area contributed by atoms with E-state index in [1.54, 1.807) is 26.4 Å². The Morgan fingerprint density at radius 3 is 2.23 bits per heavy atom. The summed E-state index contributed by atoms with van der Waals surface area (Å²) in [6.07, 6.45) is 3.86. The van der Waals surface area contributed by atoms with Crippen LogP contribution >= 0.6 is 11.6 Å². The molecular formula is C19H23ClN4O2. The molecule has 0 aliphatic heterocycles. The van der Waals surface area contributed by atoms with Crippen LogP contribution in [0.1, 0.15) is 38.4 Å². The predicted molar refractivity (Wildman–Crippen MR) is 103 cm³/mol. The van der Waals surface area contributed by atoms with Crippen LogP contribution in [0.2, 0.25) is 5.02 Å². The summed E-state index contributed by atoms with van der Waals surface area (Å²) >= 11 is 6.16. The van der Waals surface area contributed by atoms with E-state index in [0.717, 1.165) is 29.7 Å². The van der Waals surface area contributed by atoms with E-state index in [4.69, 9.17) is 31.0 Å². The number of halogens is 1. The smallest absolute Gasteiger partial charge is 0.198 e. The number of hydrogen-bond acceptors (Lipinski definition) is 5. The lowest BCUT2D eigenvalue weighted by Gasteiger charge is -2.16. The Hall–Kier alpha value is -2.34. The van der Waals surface area contributed by atoms with Crippen LogP contribution in [0.15, 0.2) is 18.5 Å². The number of imidazole rings is 1. The van der Waals surface area contributed by atoms with Gasteiger partial charge in [-0.05, 0) is 31.9 Å². The zero-order valence-electron chi connectivity index (χ0n) is 15.7. The highest BCUT2D eigenvalue weighted by Gasteiger charge is 2.21. The highest BCUT2D eigenvalue weighted by Crippen LogP contribution is 2.41. The lowest BCUT2D eigenvalue weighted by Crippen LogP contribution is -2.07. The van der Waals surface area contributed by atoms with Crippen LogP contribution in [0.5, 0.6) is 11.5 Å². The van der Waals surface area contributed by atoms with Gasteiger partial charge < -0.3 is 14.0 Å². The molecule has 0 amide bonds. The Labute approximate surface area is 158 Å². The molecule has 2 aromatic heterocycles. The second-order valence-electron chi connectivity index (χ2n) is 6.11. The van der Waals surface area contributed by atoms with E-state index in [1.807, 2.05) is 13.3 Å². The lowest BCUT2D eigenvalue weighted by atomic mass is 10.1. The third-order valence-corrected chi connectivity index (χ3v) is 4.84. The Morgan fingerprint density at radius 1 is 1.08 bits per heavy atom. The topological polar surface area (TPSA) is 62.1 Å². The zero-order valence-corrected chi connectivity index (χ0v) is 16.5. The van der Waals surface area contributed by atoms with Crippen molar-refractivity contribution < 1.29 is 9.47 Å². The largest absolute Gasteiger partial charge is 0.496 e. The minimum absolute atomic E-state index is 0.360. The van der Waals surface area contributed by atoms with Gasteiger partial charge >= 0.3 is 0 Å². The molecule has 0 N–H and O–H groups in total. The van der Waals surface area contributed by atoms with E-state index < -0.39 is 0 Å². The Morgan fingerprint density at radius 2 is 1.69 bits per heavy atom. The van der Waals surface area contributed by atoms with Crippen LogP contribution in [0.3, 0.4) is 0 Å². The first-order valence-corrected chi connectivity index (χ1v) is 9.04. The average Bonchev–Trinajstić information content (AvgIpc) is 3.04. The number of hydrogen-bond donors (Lipinski definition) is 0. The number of aromatic nitrogens is 4. The van der Waals surface area contributed by atoms with Gasteiger partial charge in [0.2, 0.25) is 0 Å². The van der Waals surface area contributed by atoms with E-state index in [1.165, 1.54) is 0 Å². The number of rotatable bonds is 6. The molecule has 0 unspecified atom stereocenters. The van der Waals surface area contributed by atoms with Gasteiger partial charge in [-0.25, -0.2) is 15.0 Å². The van der Waals surface area contributed by atoms with E-state index in [2.05, 4.69) is 23.4 Å². The first-order chi connectivity index (χ1) is 12.5. The molecule has 0 saturated carbocycles. The number of methoxy groups -OCH3 is 2. The fraction of sp³-hybridized carbons (Fsp3) is 0.421. The summed E-state index contributed by atoms with van der Waals surface area (Å²) in [4.78, 5) is 14.0. The average molecular weight is 375 g/mol. The van der Waals surface area contributed by atoms with E-state index in [9.17, 15) is 0 Å². The molecule has 0 spiro atoms. The van der Waals surface area contributed by atoms with Gasteiger partial charge in [-0.3, -0.25) is 0 Å². The minimum Gasteiger partial charge on any atom is -0.496 e. The molecule has 0 aliphatic carbocycles. The van der Waals surface area contributed by atoms with Gasteiger partial charge in [-0.15, -0.1) is 0 Å². The standard InChI is InChI=1S/C19H23ClN4O2/c1-6-13(7-2)24-10-21-18-19(24)22-11(3)17(23-18)16-14(25-4)8-12(20)9-15(16)26-5/h8-10,13H,6-7H2,1-5H3. The van der Waals surface area contributed by atoms with Crippen molar-refractivity contribution in [3.05, 3.63) is 29.2 Å². The van der Waals surface area contributed by atoms with Crippen molar-refractivity contribution in [3.63, 3.8) is 0 Å². The number of benzene rings is 1. The van der Waals surface area contributed by atoms with Crippen LogP contribution in [-0.2, 0) is 0 Å². The monoisotopic (exact) mass is 374 g/mol. The molecule has 26 heavy (non-hydrogen) atoms. The molecule has 3 aromatic rings. The SMILES string of the molecule is CCC(CC)n1cnc2nc(-c3c(OC)cc(Cl)cc3OC)c(C)nc21. The van der Waals surface area contributed by atoms with Crippen molar-refractivity contribution in [2.75, 3.05) is 14.2 Å². The number of aryl methyl sites for hydroxylation is 1. The minimum atomic E-state index is 0.360. The van der Waals surface area contributed by atoms with E-state index >= 15 is 0 Å².